The molecule has 2 N–H and O–H groups in total. The van der Waals surface area contributed by atoms with E-state index in [1.165, 1.54) is 4.68 Å². The Hall–Kier alpha value is -2.09. The molecule has 3 rings (SSSR count). The number of rotatable bonds is 4. The predicted molar refractivity (Wildman–Crippen MR) is 104 cm³/mol. The lowest BCUT2D eigenvalue weighted by atomic mass is 10.0. The van der Waals surface area contributed by atoms with Crippen molar-refractivity contribution < 1.29 is 9.59 Å². The quantitative estimate of drug-likeness (QED) is 0.836. The first-order valence-electron chi connectivity index (χ1n) is 8.56. The molecule has 1 aliphatic heterocycles. The highest BCUT2D eigenvalue weighted by molar-refractivity contribution is 6.33. The van der Waals surface area contributed by atoms with Gasteiger partial charge in [0.05, 0.1) is 11.3 Å². The molecule has 144 valence electrons. The van der Waals surface area contributed by atoms with E-state index in [4.69, 9.17) is 28.9 Å². The van der Waals surface area contributed by atoms with E-state index >= 15 is 0 Å². The third-order valence-electron chi connectivity index (χ3n) is 4.79. The Morgan fingerprint density at radius 1 is 1.11 bits per heavy atom. The molecule has 2 heterocycles. The number of halogens is 2. The SMILES string of the molecule is Cc1nn(C)c(Cl)c1C(=O)N1CCN([C@H](C(N)=O)c2ccc(Cl)cc2)CC1. The zero-order chi connectivity index (χ0) is 19.7. The highest BCUT2D eigenvalue weighted by Gasteiger charge is 2.32. The number of primary amides is 1. The first-order valence-corrected chi connectivity index (χ1v) is 9.32. The number of piperazine rings is 1. The number of nitrogens with two attached hydrogens (primary N) is 1. The molecule has 1 atom stereocenters. The summed E-state index contributed by atoms with van der Waals surface area (Å²) in [6, 6.07) is 6.52. The van der Waals surface area contributed by atoms with Crippen molar-refractivity contribution in [1.82, 2.24) is 19.6 Å². The zero-order valence-corrected chi connectivity index (χ0v) is 16.7. The second-order valence-electron chi connectivity index (χ2n) is 6.56. The number of aryl methyl sites for hydroxylation is 2. The largest absolute Gasteiger partial charge is 0.368 e. The van der Waals surface area contributed by atoms with Gasteiger partial charge < -0.3 is 10.6 Å². The first-order chi connectivity index (χ1) is 12.8. The normalized spacial score (nSPS) is 16.4. The van der Waals surface area contributed by atoms with Gasteiger partial charge in [0.1, 0.15) is 11.2 Å². The van der Waals surface area contributed by atoms with Crippen molar-refractivity contribution in [1.29, 1.82) is 0 Å². The molecule has 0 unspecified atom stereocenters. The average Bonchev–Trinajstić information content (AvgIpc) is 2.89. The Kier molecular flexibility index (Phi) is 5.74. The molecule has 1 aromatic heterocycles. The number of nitrogens with zero attached hydrogens (tertiary/aromatic N) is 4. The number of aromatic nitrogens is 2. The Morgan fingerprint density at radius 3 is 2.19 bits per heavy atom. The standard InChI is InChI=1S/C18H21Cl2N5O2/c1-11-14(16(20)23(2)22-11)18(27)25-9-7-24(8-10-25)15(17(21)26)12-3-5-13(19)6-4-12/h3-6,15H,7-10H2,1-2H3,(H2,21,26)/t15-/m0/s1. The monoisotopic (exact) mass is 409 g/mol. The lowest BCUT2D eigenvalue weighted by Crippen LogP contribution is -2.52. The van der Waals surface area contributed by atoms with Gasteiger partial charge in [-0.2, -0.15) is 5.10 Å². The number of amides is 2. The van der Waals surface area contributed by atoms with Crippen LogP contribution in [0.3, 0.4) is 0 Å². The molecule has 27 heavy (non-hydrogen) atoms. The molecule has 1 saturated heterocycles. The smallest absolute Gasteiger partial charge is 0.258 e. The maximum Gasteiger partial charge on any atom is 0.258 e. The molecule has 2 aromatic rings. The van der Waals surface area contributed by atoms with Crippen LogP contribution < -0.4 is 5.73 Å². The van der Waals surface area contributed by atoms with Gasteiger partial charge >= 0.3 is 0 Å². The second-order valence-corrected chi connectivity index (χ2v) is 7.35. The Morgan fingerprint density at radius 2 is 1.70 bits per heavy atom. The summed E-state index contributed by atoms with van der Waals surface area (Å²) in [4.78, 5) is 28.6. The van der Waals surface area contributed by atoms with Gasteiger partial charge in [0.15, 0.2) is 0 Å². The minimum absolute atomic E-state index is 0.146. The average molecular weight is 410 g/mol. The summed E-state index contributed by atoms with van der Waals surface area (Å²) >= 11 is 12.1. The lowest BCUT2D eigenvalue weighted by molar-refractivity contribution is -0.124. The van der Waals surface area contributed by atoms with Gasteiger partial charge in [-0.3, -0.25) is 19.2 Å². The molecular weight excluding hydrogens is 389 g/mol. The number of carbonyl (C=O) groups excluding carboxylic acids is 2. The summed E-state index contributed by atoms with van der Waals surface area (Å²) in [7, 11) is 1.70. The van der Waals surface area contributed by atoms with E-state index < -0.39 is 11.9 Å². The summed E-state index contributed by atoms with van der Waals surface area (Å²) < 4.78 is 1.49. The highest BCUT2D eigenvalue weighted by Crippen LogP contribution is 2.25. The van der Waals surface area contributed by atoms with Crippen molar-refractivity contribution in [3.63, 3.8) is 0 Å². The van der Waals surface area contributed by atoms with Gasteiger partial charge in [0.25, 0.3) is 5.91 Å². The number of hydrogen-bond donors (Lipinski definition) is 1. The van der Waals surface area contributed by atoms with Crippen molar-refractivity contribution in [2.24, 2.45) is 12.8 Å². The summed E-state index contributed by atoms with van der Waals surface area (Å²) in [5.41, 5.74) is 7.46. The number of carbonyl (C=O) groups is 2. The van der Waals surface area contributed by atoms with Crippen LogP contribution in [0.2, 0.25) is 10.2 Å². The molecule has 0 bridgehead atoms. The van der Waals surface area contributed by atoms with Crippen molar-refractivity contribution in [3.8, 4) is 0 Å². The topological polar surface area (TPSA) is 84.5 Å². The van der Waals surface area contributed by atoms with Gasteiger partial charge in [0.2, 0.25) is 5.91 Å². The molecule has 1 fully saturated rings. The van der Waals surface area contributed by atoms with Gasteiger partial charge in [0, 0.05) is 38.2 Å². The highest BCUT2D eigenvalue weighted by atomic mass is 35.5. The fraction of sp³-hybridized carbons (Fsp3) is 0.389. The number of benzene rings is 1. The fourth-order valence-electron chi connectivity index (χ4n) is 3.41. The van der Waals surface area contributed by atoms with E-state index in [2.05, 4.69) is 5.10 Å². The van der Waals surface area contributed by atoms with Crippen molar-refractivity contribution >= 4 is 35.0 Å². The maximum absolute atomic E-state index is 12.8. The minimum atomic E-state index is -0.553. The predicted octanol–water partition coefficient (Wildman–Crippen LogP) is 2.02. The van der Waals surface area contributed by atoms with E-state index in [1.54, 1.807) is 43.1 Å². The van der Waals surface area contributed by atoms with Crippen LogP contribution in [-0.2, 0) is 11.8 Å². The Labute approximate surface area is 167 Å². The van der Waals surface area contributed by atoms with E-state index in [9.17, 15) is 9.59 Å². The molecule has 7 nitrogen and oxygen atoms in total. The van der Waals surface area contributed by atoms with Crippen LogP contribution in [0, 0.1) is 6.92 Å². The van der Waals surface area contributed by atoms with Gasteiger partial charge in [-0.15, -0.1) is 0 Å². The summed E-state index contributed by atoms with van der Waals surface area (Å²) in [6.07, 6.45) is 0. The van der Waals surface area contributed by atoms with Gasteiger partial charge in [-0.1, -0.05) is 35.3 Å². The minimum Gasteiger partial charge on any atom is -0.368 e. The fourth-order valence-corrected chi connectivity index (χ4v) is 3.80. The second kappa shape index (κ2) is 7.88. The van der Waals surface area contributed by atoms with Crippen LogP contribution in [-0.4, -0.2) is 57.6 Å². The summed E-state index contributed by atoms with van der Waals surface area (Å²) in [6.45, 7) is 3.76. The van der Waals surface area contributed by atoms with Crippen LogP contribution >= 0.6 is 23.2 Å². The molecule has 0 spiro atoms. The molecule has 2 amide bonds. The van der Waals surface area contributed by atoms with E-state index in [0.717, 1.165) is 5.56 Å². The van der Waals surface area contributed by atoms with Crippen LogP contribution in [0.1, 0.15) is 27.7 Å². The van der Waals surface area contributed by atoms with Crippen LogP contribution in [0.15, 0.2) is 24.3 Å². The van der Waals surface area contributed by atoms with E-state index in [1.807, 2.05) is 4.90 Å². The summed E-state index contributed by atoms with van der Waals surface area (Å²) in [5, 5.41) is 5.12. The molecular formula is C18H21Cl2N5O2. The third-order valence-corrected chi connectivity index (χ3v) is 5.47. The van der Waals surface area contributed by atoms with Crippen molar-refractivity contribution in [3.05, 3.63) is 51.3 Å². The first kappa shape index (κ1) is 19.7. The molecule has 0 radical (unpaired) electrons. The third kappa shape index (κ3) is 3.95. The molecule has 1 aromatic carbocycles. The van der Waals surface area contributed by atoms with Crippen LogP contribution in [0.25, 0.3) is 0 Å². The number of hydrogen-bond acceptors (Lipinski definition) is 4. The van der Waals surface area contributed by atoms with Crippen LogP contribution in [0.5, 0.6) is 0 Å². The van der Waals surface area contributed by atoms with E-state index in [-0.39, 0.29) is 5.91 Å². The van der Waals surface area contributed by atoms with Gasteiger partial charge in [-0.25, -0.2) is 0 Å². The lowest BCUT2D eigenvalue weighted by Gasteiger charge is -2.38. The molecule has 0 saturated carbocycles. The summed E-state index contributed by atoms with van der Waals surface area (Å²) in [5.74, 6) is -0.574. The van der Waals surface area contributed by atoms with E-state index in [0.29, 0.717) is 47.6 Å². The van der Waals surface area contributed by atoms with Crippen molar-refractivity contribution in [2.75, 3.05) is 26.2 Å². The van der Waals surface area contributed by atoms with Gasteiger partial charge in [-0.05, 0) is 24.6 Å². The molecule has 0 aliphatic carbocycles. The Bertz CT molecular complexity index is 857. The van der Waals surface area contributed by atoms with Crippen LogP contribution in [0.4, 0.5) is 0 Å². The molecule has 1 aliphatic rings. The Balaban J connectivity index is 1.72. The maximum atomic E-state index is 12.8. The van der Waals surface area contributed by atoms with Crippen molar-refractivity contribution in [2.45, 2.75) is 13.0 Å². The molecule has 9 heteroatoms. The zero-order valence-electron chi connectivity index (χ0n) is 15.2.